The molecule has 0 aliphatic carbocycles. The molecule has 0 rings (SSSR count). The van der Waals surface area contributed by atoms with Crippen molar-refractivity contribution in [2.75, 3.05) is 25.7 Å². The number of hydrogen-bond acceptors (Lipinski definition) is 2. The van der Waals surface area contributed by atoms with Crippen molar-refractivity contribution in [3.63, 3.8) is 0 Å². The molecular weight excluding hydrogens is 184 g/mol. The largest absolute Gasteiger partial charge is 0.379 e. The molecule has 2 nitrogen and oxygen atoms in total. The van der Waals surface area contributed by atoms with Crippen LogP contribution in [0.1, 0.15) is 6.92 Å². The van der Waals surface area contributed by atoms with Gasteiger partial charge in [0.05, 0.1) is 12.7 Å². The summed E-state index contributed by atoms with van der Waals surface area (Å²) in [6, 6.07) is 0. The molecule has 56 valence electrons. The highest BCUT2D eigenvalue weighted by Crippen LogP contribution is 1.95. The average molecular weight is 197 g/mol. The van der Waals surface area contributed by atoms with E-state index in [2.05, 4.69) is 15.9 Å². The molecule has 0 saturated carbocycles. The van der Waals surface area contributed by atoms with Crippen molar-refractivity contribution in [1.82, 2.24) is 0 Å². The van der Waals surface area contributed by atoms with E-state index in [-0.39, 0.29) is 6.10 Å². The molecule has 3 heteroatoms. The summed E-state index contributed by atoms with van der Waals surface area (Å²) in [5, 5.41) is 0.837. The molecule has 0 fully saturated rings. The van der Waals surface area contributed by atoms with Crippen LogP contribution >= 0.6 is 15.9 Å². The predicted molar refractivity (Wildman–Crippen MR) is 41.1 cm³/mol. The van der Waals surface area contributed by atoms with Crippen LogP contribution < -0.4 is 0 Å². The molecule has 0 heterocycles. The molecule has 1 atom stereocenters. The van der Waals surface area contributed by atoms with E-state index in [1.54, 1.807) is 7.11 Å². The summed E-state index contributed by atoms with van der Waals surface area (Å²) in [5.41, 5.74) is 0. The Morgan fingerprint density at radius 2 is 2.22 bits per heavy atom. The van der Waals surface area contributed by atoms with Gasteiger partial charge in [0.15, 0.2) is 0 Å². The topological polar surface area (TPSA) is 18.5 Å². The second kappa shape index (κ2) is 6.52. The maximum absolute atomic E-state index is 5.12. The van der Waals surface area contributed by atoms with Gasteiger partial charge in [0.2, 0.25) is 0 Å². The molecule has 0 aromatic heterocycles. The molecule has 0 saturated heterocycles. The van der Waals surface area contributed by atoms with Gasteiger partial charge in [-0.05, 0) is 6.92 Å². The van der Waals surface area contributed by atoms with Crippen LogP contribution in [0.15, 0.2) is 0 Å². The van der Waals surface area contributed by atoms with Gasteiger partial charge < -0.3 is 9.47 Å². The van der Waals surface area contributed by atoms with Gasteiger partial charge in [-0.1, -0.05) is 15.9 Å². The number of ether oxygens (including phenoxy) is 2. The Labute approximate surface area is 64.7 Å². The highest BCUT2D eigenvalue weighted by Gasteiger charge is 2.02. The smallest absolute Gasteiger partial charge is 0.0901 e. The number of rotatable bonds is 5. The first-order chi connectivity index (χ1) is 4.35. The van der Waals surface area contributed by atoms with Gasteiger partial charge in [0, 0.05) is 19.0 Å². The summed E-state index contributed by atoms with van der Waals surface area (Å²) in [5.74, 6) is 0. The zero-order chi connectivity index (χ0) is 7.11. The normalized spacial score (nSPS) is 13.7. The first-order valence-corrected chi connectivity index (χ1v) is 4.13. The van der Waals surface area contributed by atoms with Crippen LogP contribution in [0.4, 0.5) is 0 Å². The van der Waals surface area contributed by atoms with E-state index in [0.717, 1.165) is 11.9 Å². The Hall–Kier alpha value is 0.400. The molecule has 0 aromatic carbocycles. The van der Waals surface area contributed by atoms with Crippen LogP contribution in [0.5, 0.6) is 0 Å². The van der Waals surface area contributed by atoms with Gasteiger partial charge >= 0.3 is 0 Å². The minimum atomic E-state index is 0.199. The third-order valence-corrected chi connectivity index (χ3v) is 1.74. The Morgan fingerprint density at radius 3 is 2.56 bits per heavy atom. The highest BCUT2D eigenvalue weighted by molar-refractivity contribution is 9.09. The Balaban J connectivity index is 3.09. The van der Waals surface area contributed by atoms with Crippen molar-refractivity contribution in [3.05, 3.63) is 0 Å². The zero-order valence-electron chi connectivity index (χ0n) is 5.89. The van der Waals surface area contributed by atoms with Crippen molar-refractivity contribution >= 4 is 15.9 Å². The van der Waals surface area contributed by atoms with Crippen molar-refractivity contribution < 1.29 is 9.47 Å². The summed E-state index contributed by atoms with van der Waals surface area (Å²) >= 11 is 3.30. The fourth-order valence-electron chi connectivity index (χ4n) is 0.425. The van der Waals surface area contributed by atoms with E-state index in [1.807, 2.05) is 6.92 Å². The lowest BCUT2D eigenvalue weighted by molar-refractivity contribution is 0.0264. The Kier molecular flexibility index (Phi) is 6.81. The van der Waals surface area contributed by atoms with E-state index < -0.39 is 0 Å². The first-order valence-electron chi connectivity index (χ1n) is 3.01. The Morgan fingerprint density at radius 1 is 1.56 bits per heavy atom. The lowest BCUT2D eigenvalue weighted by Crippen LogP contribution is -2.19. The minimum Gasteiger partial charge on any atom is -0.379 e. The van der Waals surface area contributed by atoms with Crippen molar-refractivity contribution in [2.24, 2.45) is 0 Å². The van der Waals surface area contributed by atoms with Crippen LogP contribution in [0.2, 0.25) is 0 Å². The average Bonchev–Trinajstić information content (AvgIpc) is 1.91. The molecule has 0 aliphatic rings. The van der Waals surface area contributed by atoms with Gasteiger partial charge in [0.25, 0.3) is 0 Å². The fraction of sp³-hybridized carbons (Fsp3) is 1.00. The van der Waals surface area contributed by atoms with Crippen LogP contribution in [0, 0.1) is 0 Å². The van der Waals surface area contributed by atoms with Gasteiger partial charge in [-0.15, -0.1) is 0 Å². The maximum atomic E-state index is 5.12. The Bertz CT molecular complexity index is 55.0. The number of methoxy groups -OCH3 is 1. The number of alkyl halides is 1. The summed E-state index contributed by atoms with van der Waals surface area (Å²) in [4.78, 5) is 0. The molecule has 0 aromatic rings. The van der Waals surface area contributed by atoms with Gasteiger partial charge in [0.1, 0.15) is 0 Å². The van der Waals surface area contributed by atoms with Crippen molar-refractivity contribution in [1.29, 1.82) is 0 Å². The first kappa shape index (κ1) is 9.40. The second-order valence-corrected chi connectivity index (χ2v) is 2.32. The third-order valence-electron chi connectivity index (χ3n) is 1.01. The number of hydrogen-bond donors (Lipinski definition) is 0. The lowest BCUT2D eigenvalue weighted by atomic mass is 10.4. The SMILES string of the molecule is CCOC[C@H](CBr)OC. The monoisotopic (exact) mass is 196 g/mol. The number of halogens is 1. The molecule has 0 amide bonds. The highest BCUT2D eigenvalue weighted by atomic mass is 79.9. The van der Waals surface area contributed by atoms with E-state index in [0.29, 0.717) is 6.61 Å². The predicted octanol–water partition coefficient (Wildman–Crippen LogP) is 1.43. The summed E-state index contributed by atoms with van der Waals surface area (Å²) in [7, 11) is 1.69. The van der Waals surface area contributed by atoms with E-state index in [4.69, 9.17) is 9.47 Å². The van der Waals surface area contributed by atoms with Gasteiger partial charge in [-0.3, -0.25) is 0 Å². The molecule has 0 aliphatic heterocycles. The minimum absolute atomic E-state index is 0.199. The van der Waals surface area contributed by atoms with E-state index >= 15 is 0 Å². The summed E-state index contributed by atoms with van der Waals surface area (Å²) in [6.45, 7) is 3.41. The molecule has 0 spiro atoms. The molecule has 9 heavy (non-hydrogen) atoms. The van der Waals surface area contributed by atoms with E-state index in [1.165, 1.54) is 0 Å². The van der Waals surface area contributed by atoms with Crippen LogP contribution in [-0.2, 0) is 9.47 Å². The second-order valence-electron chi connectivity index (χ2n) is 1.67. The van der Waals surface area contributed by atoms with Crippen LogP contribution in [0.3, 0.4) is 0 Å². The zero-order valence-corrected chi connectivity index (χ0v) is 7.48. The van der Waals surface area contributed by atoms with E-state index in [9.17, 15) is 0 Å². The quantitative estimate of drug-likeness (QED) is 0.620. The molecule has 0 unspecified atom stereocenters. The van der Waals surface area contributed by atoms with Gasteiger partial charge in [-0.2, -0.15) is 0 Å². The molecule has 0 bridgehead atoms. The van der Waals surface area contributed by atoms with Gasteiger partial charge in [-0.25, -0.2) is 0 Å². The van der Waals surface area contributed by atoms with Crippen molar-refractivity contribution in [2.45, 2.75) is 13.0 Å². The van der Waals surface area contributed by atoms with Crippen LogP contribution in [-0.4, -0.2) is 31.8 Å². The molecular formula is C6H13BrO2. The fourth-order valence-corrected chi connectivity index (χ4v) is 0.876. The standard InChI is InChI=1S/C6H13BrO2/c1-3-9-5-6(4-7)8-2/h6H,3-5H2,1-2H3/t6-/m0/s1. The molecule has 0 radical (unpaired) electrons. The molecule has 0 N–H and O–H groups in total. The summed E-state index contributed by atoms with van der Waals surface area (Å²) in [6.07, 6.45) is 0.199. The van der Waals surface area contributed by atoms with Crippen LogP contribution in [0.25, 0.3) is 0 Å². The summed E-state index contributed by atoms with van der Waals surface area (Å²) < 4.78 is 10.2. The lowest BCUT2D eigenvalue weighted by Gasteiger charge is -2.10. The maximum Gasteiger partial charge on any atom is 0.0901 e. The third kappa shape index (κ3) is 4.88. The van der Waals surface area contributed by atoms with Crippen molar-refractivity contribution in [3.8, 4) is 0 Å².